The largest absolute Gasteiger partial charge is 0.420 e. The molecule has 4 atom stereocenters. The minimum Gasteiger partial charge on any atom is -0.420 e. The molecule has 2 saturated carbocycles. The molecule has 0 bridgehead atoms. The van der Waals surface area contributed by atoms with Gasteiger partial charge in [-0.1, -0.05) is 174 Å². The minimum absolute atomic E-state index is 0. The normalized spacial score (nSPS) is 20.9. The number of aliphatic hydroxyl groups excluding tert-OH is 2. The molecule has 6 aromatic carbocycles. The van der Waals surface area contributed by atoms with Crippen molar-refractivity contribution in [3.63, 3.8) is 0 Å². The van der Waals surface area contributed by atoms with Crippen LogP contribution in [0.15, 0.2) is 198 Å². The van der Waals surface area contributed by atoms with E-state index in [-0.39, 0.29) is 71.9 Å². The number of aliphatic hydroxyl groups is 2. The highest BCUT2D eigenvalue weighted by molar-refractivity contribution is 7.86. The van der Waals surface area contributed by atoms with Crippen LogP contribution in [-0.4, -0.2) is 225 Å². The van der Waals surface area contributed by atoms with E-state index in [1.165, 1.54) is 0 Å². The SMILES string of the molecule is C.C.C.C.O=S1CCc2nc(N3CCC(OCc4ccccc4)(c4ccc(Cl)cc4)CC3)nc(NC3(CO)CC3)c21.O=S1CCc2nc(N3CCC(OCc4ccccc4)(c4ccc(Cl)cc4)CC3)nc(NC3CCOCC3)c21.O=S1CCc2nc(N3CCC(c4nnc(-c5ccccc5)o4)CC3)nc(NC3(CO)CC3)c21.O=S1CCc2nc(N3CCC(c4nnc(-c5ccccc5)o4)CC3)nc(NC3CCOCC3)c21. The minimum atomic E-state index is -1.11. The number of benzene rings is 6. The van der Waals surface area contributed by atoms with Crippen LogP contribution in [-0.2, 0) is 112 Å². The predicted molar refractivity (Wildman–Crippen MR) is 575 cm³/mol. The van der Waals surface area contributed by atoms with Gasteiger partial charge in [-0.05, 0) is 174 Å². The number of aryl methyl sites for hydroxylation is 4. The Bertz CT molecular complexity index is 6490. The molecule has 12 aliphatic rings. The number of halogens is 2. The van der Waals surface area contributed by atoms with Crippen LogP contribution in [0, 0.1) is 0 Å². The van der Waals surface area contributed by atoms with Crippen LogP contribution in [0.25, 0.3) is 22.9 Å². The molecule has 4 unspecified atom stereocenters. The molecule has 24 rings (SSSR count). The van der Waals surface area contributed by atoms with E-state index in [1.54, 1.807) is 0 Å². The molecule has 0 radical (unpaired) electrons. The third-order valence-electron chi connectivity index (χ3n) is 29.2. The Labute approximate surface area is 875 Å². The molecular formula is C108H134Cl2N20O12S4. The second kappa shape index (κ2) is 47.8. The number of anilines is 8. The third-order valence-corrected chi connectivity index (χ3v) is 35.6. The monoisotopic (exact) mass is 2100 g/mol. The van der Waals surface area contributed by atoms with Crippen molar-refractivity contribution in [3.8, 4) is 22.9 Å². The summed E-state index contributed by atoms with van der Waals surface area (Å²) in [5.41, 5.74) is 8.45. The fraction of sp³-hybridized carbons (Fsp3) is 0.481. The third kappa shape index (κ3) is 24.4. The Balaban J connectivity index is 0.000000132. The fourth-order valence-electron chi connectivity index (χ4n) is 20.3. The van der Waals surface area contributed by atoms with Crippen LogP contribution < -0.4 is 40.9 Å². The highest BCUT2D eigenvalue weighted by Crippen LogP contribution is 2.48. The molecule has 8 fully saturated rings. The number of rotatable bonds is 26. The van der Waals surface area contributed by atoms with Gasteiger partial charge in [0.2, 0.25) is 47.4 Å². The zero-order chi connectivity index (χ0) is 96.7. The van der Waals surface area contributed by atoms with Gasteiger partial charge >= 0.3 is 0 Å². The van der Waals surface area contributed by atoms with Gasteiger partial charge in [-0.3, -0.25) is 16.8 Å². The van der Waals surface area contributed by atoms with Crippen molar-refractivity contribution in [2.45, 2.75) is 237 Å². The van der Waals surface area contributed by atoms with Crippen LogP contribution in [0.1, 0.15) is 201 Å². The summed E-state index contributed by atoms with van der Waals surface area (Å²) in [4.78, 5) is 50.7. The van der Waals surface area contributed by atoms with Crippen LogP contribution >= 0.6 is 23.2 Å². The molecule has 10 aliphatic heterocycles. The molecule has 16 heterocycles. The van der Waals surface area contributed by atoms with E-state index in [0.29, 0.717) is 123 Å². The Kier molecular flexibility index (Phi) is 34.9. The second-order valence-electron chi connectivity index (χ2n) is 38.7. The summed E-state index contributed by atoms with van der Waals surface area (Å²) in [5, 5.41) is 52.1. The molecule has 0 spiro atoms. The van der Waals surface area contributed by atoms with Gasteiger partial charge in [0.05, 0.1) is 115 Å². The zero-order valence-corrected chi connectivity index (χ0v) is 84.1. The number of nitrogens with one attached hydrogen (secondary N) is 4. The molecule has 6 N–H and O–H groups in total. The Hall–Kier alpha value is -10.7. The lowest BCUT2D eigenvalue weighted by molar-refractivity contribution is -0.0786. The number of aromatic nitrogens is 12. The fourth-order valence-corrected chi connectivity index (χ4v) is 25.8. The van der Waals surface area contributed by atoms with Crippen molar-refractivity contribution >= 4 is 113 Å². The van der Waals surface area contributed by atoms with Crippen molar-refractivity contribution in [1.29, 1.82) is 0 Å². The molecule has 12 aromatic rings. The standard InChI is InChI=1S/C29H33ClN4O3S.C28H31ClN4O3S.C24H28N6O3S.C23H26N6O3S.4CH4/c30-23-8-6-22(7-9-23)29(37-20-21-4-2-1-3-5-21)13-15-34(16-14-29)28-32-25-12-19-38(35)26(25)27(33-28)31-24-10-17-36-18-11-24;29-22-8-6-21(7-9-22)28(36-18-20-4-2-1-3-5-20)13-15-33(16-14-28)26-30-23-10-17-37(35)24(23)25(31-26)32-27(19-34)11-12-27;31-34-15-10-19-20(34)21(25-18-8-13-32-14-9-18)27-24(26-19)30-11-6-17(7-12-30)23-29-28-22(33-23)16-4-2-1-3-5-16;30-14-23(9-10-23)26-19-18-17(8-13-33(18)31)24-22(25-19)29-11-6-16(7-12-29)21-28-27-20(32-21)15-4-2-1-3-5-15;;;;/h1-9,24H,10-20H2,(H,31,32,33);1-9,34H,10-19H2,(H,30,31,32);1-5,17-18H,6-15H2,(H,25,26,27);1-5,16,30H,6-14H2,(H,24,25,26);4*1H4. The van der Waals surface area contributed by atoms with Crippen molar-refractivity contribution in [1.82, 2.24) is 60.3 Å². The first-order valence-corrected chi connectivity index (χ1v) is 55.8. The first-order chi connectivity index (χ1) is 69.5. The molecule has 0 amide bonds. The second-order valence-corrected chi connectivity index (χ2v) is 45.6. The molecule has 776 valence electrons. The lowest BCUT2D eigenvalue weighted by atomic mass is 9.84. The number of nitrogens with zero attached hydrogens (tertiary/aromatic N) is 16. The summed E-state index contributed by atoms with van der Waals surface area (Å²) in [7, 11) is -4.29. The Morgan fingerprint density at radius 1 is 0.356 bits per heavy atom. The average Bonchev–Trinajstić information content (AvgIpc) is 1.68. The Morgan fingerprint density at radius 2 is 0.651 bits per heavy atom. The van der Waals surface area contributed by atoms with E-state index in [9.17, 15) is 27.0 Å². The van der Waals surface area contributed by atoms with Crippen molar-refractivity contribution < 1.29 is 54.8 Å². The topological polar surface area (TPSA) is 388 Å². The smallest absolute Gasteiger partial charge is 0.247 e. The highest BCUT2D eigenvalue weighted by atomic mass is 35.5. The molecule has 146 heavy (non-hydrogen) atoms. The van der Waals surface area contributed by atoms with Gasteiger partial charge in [0, 0.05) is 173 Å². The molecular weight excluding hydrogens is 1970 g/mol. The van der Waals surface area contributed by atoms with Crippen LogP contribution in [0.5, 0.6) is 0 Å². The van der Waals surface area contributed by atoms with Crippen LogP contribution in [0.3, 0.4) is 0 Å². The lowest BCUT2D eigenvalue weighted by Crippen LogP contribution is -2.45. The molecule has 32 nitrogen and oxygen atoms in total. The summed E-state index contributed by atoms with van der Waals surface area (Å²) < 4.78 is 87.1. The highest BCUT2D eigenvalue weighted by Gasteiger charge is 2.48. The maximum Gasteiger partial charge on any atom is 0.247 e. The predicted octanol–water partition coefficient (Wildman–Crippen LogP) is 17.8. The van der Waals surface area contributed by atoms with Crippen LogP contribution in [0.2, 0.25) is 10.0 Å². The zero-order valence-electron chi connectivity index (χ0n) is 79.3. The number of ether oxygens (including phenoxy) is 4. The summed E-state index contributed by atoms with van der Waals surface area (Å²) in [6.07, 6.45) is 16.8. The van der Waals surface area contributed by atoms with Gasteiger partial charge in [0.15, 0.2) is 0 Å². The molecule has 2 aliphatic carbocycles. The van der Waals surface area contributed by atoms with E-state index in [0.717, 1.165) is 283 Å². The summed E-state index contributed by atoms with van der Waals surface area (Å²) in [5.74, 6) is 10.8. The van der Waals surface area contributed by atoms with E-state index < -0.39 is 54.4 Å². The summed E-state index contributed by atoms with van der Waals surface area (Å²) in [6, 6.07) is 56.8. The first kappa shape index (κ1) is 107. The van der Waals surface area contributed by atoms with Gasteiger partial charge in [-0.25, -0.2) is 19.9 Å². The van der Waals surface area contributed by atoms with E-state index >= 15 is 0 Å². The lowest BCUT2D eigenvalue weighted by Gasteiger charge is -2.42. The van der Waals surface area contributed by atoms with E-state index in [4.69, 9.17) is 90.9 Å². The van der Waals surface area contributed by atoms with E-state index in [1.807, 2.05) is 121 Å². The van der Waals surface area contributed by atoms with Crippen LogP contribution in [0.4, 0.5) is 47.1 Å². The quantitative estimate of drug-likeness (QED) is 0.0293. The van der Waals surface area contributed by atoms with Gasteiger partial charge in [0.25, 0.3) is 0 Å². The number of hydrogen-bond donors (Lipinski definition) is 6. The van der Waals surface area contributed by atoms with Crippen molar-refractivity contribution in [3.05, 3.63) is 237 Å². The summed E-state index contributed by atoms with van der Waals surface area (Å²) >= 11 is 12.4. The average molecular weight is 2100 g/mol. The van der Waals surface area contributed by atoms with E-state index in [2.05, 4.69) is 110 Å². The number of hydrogen-bond acceptors (Lipinski definition) is 32. The molecule has 6 saturated heterocycles. The summed E-state index contributed by atoms with van der Waals surface area (Å²) in [6.45, 7) is 10.3. The number of piperidine rings is 4. The maximum atomic E-state index is 12.8. The van der Waals surface area contributed by atoms with Gasteiger partial charge in [0.1, 0.15) is 42.9 Å². The van der Waals surface area contributed by atoms with Gasteiger partial charge < -0.3 is 78.9 Å². The van der Waals surface area contributed by atoms with Crippen molar-refractivity contribution in [2.24, 2.45) is 0 Å². The van der Waals surface area contributed by atoms with Gasteiger partial charge in [-0.15, -0.1) is 20.4 Å². The first-order valence-electron chi connectivity index (χ1n) is 49.8. The molecule has 38 heteroatoms. The molecule has 6 aromatic heterocycles. The Morgan fingerprint density at radius 3 is 0.959 bits per heavy atom. The van der Waals surface area contributed by atoms with Crippen molar-refractivity contribution in [2.75, 3.05) is 156 Å². The maximum absolute atomic E-state index is 12.8. The number of fused-ring (bicyclic) bond motifs is 4. The van der Waals surface area contributed by atoms with Gasteiger partial charge in [-0.2, -0.15) is 19.9 Å².